The number of aliphatic hydroxyl groups is 2. The maximum atomic E-state index is 12.5. The molecule has 0 radical (unpaired) electrons. The van der Waals surface area contributed by atoms with Crippen molar-refractivity contribution < 1.29 is 43.0 Å². The standard InChI is InChI=1S/C46H75O9P/c1-3-5-7-9-11-13-15-17-18-19-20-21-22-23-24-25-27-29-31-33-35-37-39-52-42-45(43-54-56(50,51)53-41-44(48)40-47)55-46(49)38-36-34-32-30-28-26-16-14-12-10-8-6-4-2/h5-8,11-14,17-18,20-21,23-24,26,28,32,34,44-45,47-48H,3-4,9-10,15-16,19,22,25,27,29-31,33,35-43H2,1-2H3,(H,50,51)/b7-5-,8-6-,13-11-,14-12-,18-17-,21-20-,24-23-,28-26-,34-32-. The van der Waals surface area contributed by atoms with E-state index >= 15 is 0 Å². The first-order valence-corrected chi connectivity index (χ1v) is 22.4. The molecule has 0 aliphatic rings. The Morgan fingerprint density at radius 2 is 0.964 bits per heavy atom. The summed E-state index contributed by atoms with van der Waals surface area (Å²) in [4.78, 5) is 22.5. The number of rotatable bonds is 38. The van der Waals surface area contributed by atoms with Gasteiger partial charge in [-0.3, -0.25) is 13.8 Å². The molecule has 0 aromatic rings. The van der Waals surface area contributed by atoms with Crippen molar-refractivity contribution in [2.75, 3.05) is 33.0 Å². The summed E-state index contributed by atoms with van der Waals surface area (Å²) >= 11 is 0. The number of unbranched alkanes of at least 4 members (excludes halogenated alkanes) is 6. The van der Waals surface area contributed by atoms with Crippen LogP contribution in [0.25, 0.3) is 0 Å². The number of phosphoric acid groups is 1. The van der Waals surface area contributed by atoms with Crippen LogP contribution >= 0.6 is 7.82 Å². The Kier molecular flexibility index (Phi) is 39.6. The molecule has 0 spiro atoms. The van der Waals surface area contributed by atoms with E-state index in [1.165, 1.54) is 12.8 Å². The van der Waals surface area contributed by atoms with Crippen molar-refractivity contribution in [2.45, 2.75) is 142 Å². The van der Waals surface area contributed by atoms with Gasteiger partial charge in [-0.2, -0.15) is 0 Å². The molecule has 0 rings (SSSR count). The average Bonchev–Trinajstić information content (AvgIpc) is 3.19. The molecule has 0 aliphatic heterocycles. The average molecular weight is 803 g/mol. The maximum absolute atomic E-state index is 12.5. The third-order valence-corrected chi connectivity index (χ3v) is 8.92. The van der Waals surface area contributed by atoms with Gasteiger partial charge in [0, 0.05) is 13.0 Å². The maximum Gasteiger partial charge on any atom is 0.472 e. The van der Waals surface area contributed by atoms with Crippen molar-refractivity contribution >= 4 is 13.8 Å². The van der Waals surface area contributed by atoms with Gasteiger partial charge in [0.1, 0.15) is 12.2 Å². The molecular formula is C46H75O9P. The van der Waals surface area contributed by atoms with E-state index in [0.29, 0.717) is 13.0 Å². The van der Waals surface area contributed by atoms with Crippen molar-refractivity contribution in [2.24, 2.45) is 0 Å². The molecule has 3 atom stereocenters. The van der Waals surface area contributed by atoms with Gasteiger partial charge < -0.3 is 24.6 Å². The Morgan fingerprint density at radius 3 is 1.45 bits per heavy atom. The van der Waals surface area contributed by atoms with E-state index in [1.807, 2.05) is 12.2 Å². The summed E-state index contributed by atoms with van der Waals surface area (Å²) in [5, 5.41) is 18.3. The van der Waals surface area contributed by atoms with E-state index in [9.17, 15) is 19.4 Å². The van der Waals surface area contributed by atoms with Crippen LogP contribution in [-0.4, -0.2) is 66.3 Å². The number of ether oxygens (including phenoxy) is 2. The Morgan fingerprint density at radius 1 is 0.554 bits per heavy atom. The number of hydrogen-bond acceptors (Lipinski definition) is 8. The fourth-order valence-corrected chi connectivity index (χ4v) is 5.65. The largest absolute Gasteiger partial charge is 0.472 e. The van der Waals surface area contributed by atoms with Gasteiger partial charge in [0.05, 0.1) is 26.4 Å². The zero-order chi connectivity index (χ0) is 41.1. The summed E-state index contributed by atoms with van der Waals surface area (Å²) in [6.07, 6.45) is 53.5. The van der Waals surface area contributed by atoms with Gasteiger partial charge in [-0.25, -0.2) is 4.57 Å². The number of allylic oxidation sites excluding steroid dienone is 18. The van der Waals surface area contributed by atoms with Crippen LogP contribution in [0.3, 0.4) is 0 Å². The van der Waals surface area contributed by atoms with Crippen LogP contribution in [0, 0.1) is 0 Å². The monoisotopic (exact) mass is 803 g/mol. The van der Waals surface area contributed by atoms with Gasteiger partial charge in [-0.1, -0.05) is 149 Å². The number of carbonyl (C=O) groups is 1. The predicted octanol–water partition coefficient (Wildman–Crippen LogP) is 11.5. The van der Waals surface area contributed by atoms with Gasteiger partial charge in [-0.15, -0.1) is 0 Å². The molecule has 0 aliphatic carbocycles. The summed E-state index contributed by atoms with van der Waals surface area (Å²) in [6, 6.07) is 0. The van der Waals surface area contributed by atoms with Crippen molar-refractivity contribution in [3.63, 3.8) is 0 Å². The molecule has 0 fully saturated rings. The second-order valence-electron chi connectivity index (χ2n) is 13.2. The normalized spacial score (nSPS) is 15.2. The van der Waals surface area contributed by atoms with Crippen molar-refractivity contribution in [1.82, 2.24) is 0 Å². The number of phosphoric ester groups is 1. The smallest absolute Gasteiger partial charge is 0.457 e. The lowest BCUT2D eigenvalue weighted by atomic mass is 10.1. The third kappa shape index (κ3) is 40.8. The van der Waals surface area contributed by atoms with E-state index in [-0.39, 0.29) is 13.0 Å². The Bertz CT molecular complexity index is 1230. The van der Waals surface area contributed by atoms with Gasteiger partial charge >= 0.3 is 13.8 Å². The van der Waals surface area contributed by atoms with E-state index in [2.05, 4.69) is 111 Å². The molecule has 0 aromatic heterocycles. The summed E-state index contributed by atoms with van der Waals surface area (Å²) in [7, 11) is -4.55. The zero-order valence-electron chi connectivity index (χ0n) is 34.5. The molecule has 3 N–H and O–H groups in total. The zero-order valence-corrected chi connectivity index (χ0v) is 35.4. The molecular weight excluding hydrogens is 727 g/mol. The van der Waals surface area contributed by atoms with E-state index in [0.717, 1.165) is 89.9 Å². The minimum absolute atomic E-state index is 0.00221. The lowest BCUT2D eigenvalue weighted by Crippen LogP contribution is -2.29. The Labute approximate surface area is 340 Å². The van der Waals surface area contributed by atoms with Crippen LogP contribution < -0.4 is 0 Å². The SMILES string of the molecule is CC/C=C\C/C=C\C/C=C\C/C=C\C/C=C\CCCCCCCCOCC(COP(=O)(O)OCC(O)CO)OC(=O)CC/C=C\C/C=C\C/C=C\C/C=C\CC. The minimum atomic E-state index is -4.55. The van der Waals surface area contributed by atoms with Crippen LogP contribution in [0.4, 0.5) is 0 Å². The van der Waals surface area contributed by atoms with Crippen LogP contribution in [0.1, 0.15) is 129 Å². The van der Waals surface area contributed by atoms with Crippen molar-refractivity contribution in [3.05, 3.63) is 109 Å². The molecule has 9 nitrogen and oxygen atoms in total. The molecule has 10 heteroatoms. The van der Waals surface area contributed by atoms with E-state index in [4.69, 9.17) is 23.6 Å². The highest BCUT2D eigenvalue weighted by atomic mass is 31.2. The predicted molar refractivity (Wildman–Crippen MR) is 232 cm³/mol. The summed E-state index contributed by atoms with van der Waals surface area (Å²) in [5.41, 5.74) is 0. The van der Waals surface area contributed by atoms with E-state index < -0.39 is 45.8 Å². The second kappa shape index (κ2) is 41.7. The quantitative estimate of drug-likeness (QED) is 0.0241. The van der Waals surface area contributed by atoms with Gasteiger partial charge in [0.15, 0.2) is 0 Å². The highest BCUT2D eigenvalue weighted by molar-refractivity contribution is 7.47. The number of carbonyl (C=O) groups excluding carboxylic acids is 1. The molecule has 0 amide bonds. The van der Waals surface area contributed by atoms with Crippen molar-refractivity contribution in [1.29, 1.82) is 0 Å². The fourth-order valence-electron chi connectivity index (χ4n) is 4.86. The highest BCUT2D eigenvalue weighted by Gasteiger charge is 2.26. The summed E-state index contributed by atoms with van der Waals surface area (Å²) in [5.74, 6) is -0.473. The molecule has 0 saturated heterocycles. The molecule has 0 bridgehead atoms. The fraction of sp³-hybridized carbons (Fsp3) is 0.587. The number of hydrogen-bond donors (Lipinski definition) is 3. The molecule has 0 heterocycles. The molecule has 0 saturated carbocycles. The topological polar surface area (TPSA) is 132 Å². The second-order valence-corrected chi connectivity index (χ2v) is 14.7. The molecule has 3 unspecified atom stereocenters. The van der Waals surface area contributed by atoms with Gasteiger partial charge in [0.2, 0.25) is 0 Å². The number of aliphatic hydroxyl groups excluding tert-OH is 2. The van der Waals surface area contributed by atoms with Crippen LogP contribution in [0.15, 0.2) is 109 Å². The molecule has 56 heavy (non-hydrogen) atoms. The lowest BCUT2D eigenvalue weighted by Gasteiger charge is -2.20. The van der Waals surface area contributed by atoms with Crippen molar-refractivity contribution in [3.8, 4) is 0 Å². The minimum Gasteiger partial charge on any atom is -0.457 e. The third-order valence-electron chi connectivity index (χ3n) is 7.97. The van der Waals surface area contributed by atoms with Gasteiger partial charge in [-0.05, 0) is 83.5 Å². The lowest BCUT2D eigenvalue weighted by molar-refractivity contribution is -0.154. The summed E-state index contributed by atoms with van der Waals surface area (Å²) in [6.45, 7) is 3.11. The van der Waals surface area contributed by atoms with Crippen LogP contribution in [-0.2, 0) is 27.9 Å². The van der Waals surface area contributed by atoms with E-state index in [1.54, 1.807) is 0 Å². The molecule has 0 aromatic carbocycles. The number of esters is 1. The first-order chi connectivity index (χ1) is 27.3. The Balaban J connectivity index is 4.29. The molecule has 318 valence electrons. The summed E-state index contributed by atoms with van der Waals surface area (Å²) < 4.78 is 33.2. The first-order valence-electron chi connectivity index (χ1n) is 20.9. The van der Waals surface area contributed by atoms with Crippen LogP contribution in [0.5, 0.6) is 0 Å². The first kappa shape index (κ1) is 53.1. The Hall–Kier alpha value is -2.88. The van der Waals surface area contributed by atoms with Gasteiger partial charge in [0.25, 0.3) is 0 Å². The highest BCUT2D eigenvalue weighted by Crippen LogP contribution is 2.43. The van der Waals surface area contributed by atoms with Crippen LogP contribution in [0.2, 0.25) is 0 Å².